The van der Waals surface area contributed by atoms with E-state index in [2.05, 4.69) is 6.07 Å². The number of carbonyl (C=O) groups is 1. The van der Waals surface area contributed by atoms with Crippen molar-refractivity contribution in [1.29, 1.82) is 0 Å². The standard InChI is InChI=1S/C16H23NO2/c1-16(2,17(3)4)15(18)11-12-9-10-19-14-8-6-5-7-13(12)14/h5-8,12H,9-11H2,1-4H3. The summed E-state index contributed by atoms with van der Waals surface area (Å²) in [7, 11) is 3.91. The molecule has 0 spiro atoms. The molecule has 1 aromatic carbocycles. The van der Waals surface area contributed by atoms with Gasteiger partial charge in [0.1, 0.15) is 5.75 Å². The quantitative estimate of drug-likeness (QED) is 0.834. The van der Waals surface area contributed by atoms with Crippen LogP contribution < -0.4 is 4.74 Å². The summed E-state index contributed by atoms with van der Waals surface area (Å²) in [5.74, 6) is 1.52. The third-order valence-corrected chi connectivity index (χ3v) is 4.31. The van der Waals surface area contributed by atoms with Gasteiger partial charge in [-0.1, -0.05) is 18.2 Å². The number of benzene rings is 1. The average molecular weight is 261 g/mol. The molecular formula is C16H23NO2. The molecule has 0 saturated heterocycles. The highest BCUT2D eigenvalue weighted by atomic mass is 16.5. The number of ketones is 1. The van der Waals surface area contributed by atoms with Gasteiger partial charge in [0.25, 0.3) is 0 Å². The molecule has 1 atom stereocenters. The van der Waals surface area contributed by atoms with Crippen molar-refractivity contribution in [3.8, 4) is 5.75 Å². The first-order valence-corrected chi connectivity index (χ1v) is 6.85. The van der Waals surface area contributed by atoms with Gasteiger partial charge < -0.3 is 4.74 Å². The first kappa shape index (κ1) is 14.1. The van der Waals surface area contributed by atoms with Crippen LogP contribution in [-0.2, 0) is 4.79 Å². The molecule has 0 radical (unpaired) electrons. The predicted octanol–water partition coefficient (Wildman–Crippen LogP) is 2.85. The van der Waals surface area contributed by atoms with Crippen LogP contribution in [0.1, 0.15) is 38.2 Å². The van der Waals surface area contributed by atoms with Crippen LogP contribution in [-0.4, -0.2) is 36.9 Å². The zero-order valence-corrected chi connectivity index (χ0v) is 12.3. The molecule has 0 amide bonds. The van der Waals surface area contributed by atoms with Crippen molar-refractivity contribution in [2.24, 2.45) is 0 Å². The van der Waals surface area contributed by atoms with Crippen molar-refractivity contribution in [1.82, 2.24) is 4.90 Å². The van der Waals surface area contributed by atoms with Crippen LogP contribution in [0.5, 0.6) is 5.75 Å². The monoisotopic (exact) mass is 261 g/mol. The molecule has 2 rings (SSSR count). The smallest absolute Gasteiger partial charge is 0.153 e. The van der Waals surface area contributed by atoms with Crippen molar-refractivity contribution in [3.63, 3.8) is 0 Å². The highest BCUT2D eigenvalue weighted by Crippen LogP contribution is 2.36. The van der Waals surface area contributed by atoms with Gasteiger partial charge in [-0.25, -0.2) is 0 Å². The van der Waals surface area contributed by atoms with Crippen LogP contribution in [0.2, 0.25) is 0 Å². The molecule has 3 heteroatoms. The summed E-state index contributed by atoms with van der Waals surface area (Å²) in [6, 6.07) is 8.06. The van der Waals surface area contributed by atoms with E-state index in [1.807, 2.05) is 51.0 Å². The highest BCUT2D eigenvalue weighted by Gasteiger charge is 2.33. The fourth-order valence-corrected chi connectivity index (χ4v) is 2.35. The molecule has 19 heavy (non-hydrogen) atoms. The lowest BCUT2D eigenvalue weighted by molar-refractivity contribution is -0.128. The summed E-state index contributed by atoms with van der Waals surface area (Å²) in [4.78, 5) is 14.5. The summed E-state index contributed by atoms with van der Waals surface area (Å²) < 4.78 is 5.65. The Bertz CT molecular complexity index is 466. The summed E-state index contributed by atoms with van der Waals surface area (Å²) in [6.07, 6.45) is 1.51. The number of Topliss-reactive ketones (excluding diaryl/α,β-unsaturated/α-hetero) is 1. The molecular weight excluding hydrogens is 238 g/mol. The van der Waals surface area contributed by atoms with Crippen LogP contribution in [0.3, 0.4) is 0 Å². The molecule has 0 bridgehead atoms. The number of nitrogens with zero attached hydrogens (tertiary/aromatic N) is 1. The Labute approximate surface area is 115 Å². The number of hydrogen-bond acceptors (Lipinski definition) is 3. The maximum atomic E-state index is 12.5. The SMILES string of the molecule is CN(C)C(C)(C)C(=O)CC1CCOc2ccccc21. The number of ether oxygens (including phenoxy) is 1. The normalized spacial score (nSPS) is 18.9. The fourth-order valence-electron chi connectivity index (χ4n) is 2.35. The fraction of sp³-hybridized carbons (Fsp3) is 0.562. The van der Waals surface area contributed by atoms with Crippen LogP contribution in [0.15, 0.2) is 24.3 Å². The van der Waals surface area contributed by atoms with Gasteiger partial charge in [0.2, 0.25) is 0 Å². The maximum Gasteiger partial charge on any atom is 0.153 e. The van der Waals surface area contributed by atoms with E-state index in [1.54, 1.807) is 0 Å². The Morgan fingerprint density at radius 2 is 2.05 bits per heavy atom. The second-order valence-electron chi connectivity index (χ2n) is 5.95. The molecule has 3 nitrogen and oxygen atoms in total. The van der Waals surface area contributed by atoms with E-state index in [0.29, 0.717) is 18.8 Å². The first-order valence-electron chi connectivity index (χ1n) is 6.85. The Morgan fingerprint density at radius 1 is 1.37 bits per heavy atom. The van der Waals surface area contributed by atoms with E-state index in [4.69, 9.17) is 4.74 Å². The lowest BCUT2D eigenvalue weighted by Gasteiger charge is -2.33. The Kier molecular flexibility index (Phi) is 3.95. The van der Waals surface area contributed by atoms with Gasteiger partial charge in [-0.2, -0.15) is 0 Å². The predicted molar refractivity (Wildman–Crippen MR) is 76.7 cm³/mol. The van der Waals surface area contributed by atoms with Gasteiger partial charge in [-0.15, -0.1) is 0 Å². The van der Waals surface area contributed by atoms with E-state index in [0.717, 1.165) is 12.2 Å². The third-order valence-electron chi connectivity index (χ3n) is 4.31. The van der Waals surface area contributed by atoms with E-state index < -0.39 is 5.54 Å². The van der Waals surface area contributed by atoms with Crippen LogP contribution in [0.4, 0.5) is 0 Å². The average Bonchev–Trinajstić information content (AvgIpc) is 2.39. The molecule has 1 aromatic rings. The first-order chi connectivity index (χ1) is 8.93. The van der Waals surface area contributed by atoms with Crippen molar-refractivity contribution in [2.75, 3.05) is 20.7 Å². The van der Waals surface area contributed by atoms with Gasteiger partial charge >= 0.3 is 0 Å². The van der Waals surface area contributed by atoms with E-state index >= 15 is 0 Å². The molecule has 1 aliphatic heterocycles. The molecule has 1 aliphatic rings. The van der Waals surface area contributed by atoms with Crippen LogP contribution in [0, 0.1) is 0 Å². The highest BCUT2D eigenvalue weighted by molar-refractivity contribution is 5.88. The van der Waals surface area contributed by atoms with Gasteiger partial charge in [-0.3, -0.25) is 9.69 Å². The Morgan fingerprint density at radius 3 is 2.74 bits per heavy atom. The lowest BCUT2D eigenvalue weighted by atomic mass is 9.83. The van der Waals surface area contributed by atoms with Gasteiger partial charge in [-0.05, 0) is 51.9 Å². The van der Waals surface area contributed by atoms with Gasteiger partial charge in [0, 0.05) is 6.42 Å². The van der Waals surface area contributed by atoms with Crippen molar-refractivity contribution in [2.45, 2.75) is 38.1 Å². The molecule has 0 aromatic heterocycles. The van der Waals surface area contributed by atoms with Gasteiger partial charge in [0.15, 0.2) is 5.78 Å². The largest absolute Gasteiger partial charge is 0.493 e. The number of fused-ring (bicyclic) bond motifs is 1. The minimum absolute atomic E-state index is 0.289. The number of para-hydroxylation sites is 1. The minimum atomic E-state index is -0.409. The van der Waals surface area contributed by atoms with E-state index in [1.165, 1.54) is 5.56 Å². The van der Waals surface area contributed by atoms with Crippen molar-refractivity contribution >= 4 is 5.78 Å². The number of rotatable bonds is 4. The summed E-state index contributed by atoms with van der Waals surface area (Å²) in [6.45, 7) is 4.68. The third kappa shape index (κ3) is 2.81. The van der Waals surface area contributed by atoms with Crippen LogP contribution in [0.25, 0.3) is 0 Å². The minimum Gasteiger partial charge on any atom is -0.493 e. The van der Waals surface area contributed by atoms with E-state index in [-0.39, 0.29) is 5.92 Å². The van der Waals surface area contributed by atoms with Crippen molar-refractivity contribution < 1.29 is 9.53 Å². The van der Waals surface area contributed by atoms with Gasteiger partial charge in [0.05, 0.1) is 12.1 Å². The summed E-state index contributed by atoms with van der Waals surface area (Å²) in [5.41, 5.74) is 0.768. The molecule has 0 N–H and O–H groups in total. The molecule has 0 fully saturated rings. The second-order valence-corrected chi connectivity index (χ2v) is 5.95. The molecule has 1 unspecified atom stereocenters. The van der Waals surface area contributed by atoms with E-state index in [9.17, 15) is 4.79 Å². The second kappa shape index (κ2) is 5.33. The number of carbonyl (C=O) groups excluding carboxylic acids is 1. The Hall–Kier alpha value is -1.35. The summed E-state index contributed by atoms with van der Waals surface area (Å²) >= 11 is 0. The van der Waals surface area contributed by atoms with Crippen LogP contribution >= 0.6 is 0 Å². The molecule has 0 aliphatic carbocycles. The Balaban J connectivity index is 2.15. The summed E-state index contributed by atoms with van der Waals surface area (Å²) in [5, 5.41) is 0. The molecule has 104 valence electrons. The number of hydrogen-bond donors (Lipinski definition) is 0. The molecule has 1 heterocycles. The topological polar surface area (TPSA) is 29.5 Å². The van der Waals surface area contributed by atoms with Crippen molar-refractivity contribution in [3.05, 3.63) is 29.8 Å². The zero-order valence-electron chi connectivity index (χ0n) is 12.3. The lowest BCUT2D eigenvalue weighted by Crippen LogP contribution is -2.46. The molecule has 0 saturated carbocycles. The maximum absolute atomic E-state index is 12.5. The number of likely N-dealkylation sites (N-methyl/N-ethyl adjacent to an activating group) is 1. The zero-order chi connectivity index (χ0) is 14.0.